The van der Waals surface area contributed by atoms with Crippen LogP contribution in [0.1, 0.15) is 22.8 Å². The maximum atomic E-state index is 12.9. The van der Waals surface area contributed by atoms with Gasteiger partial charge < -0.3 is 5.32 Å². The van der Waals surface area contributed by atoms with Crippen molar-refractivity contribution in [1.29, 1.82) is 0 Å². The number of carbonyl (C=O) groups is 1. The number of rotatable bonds is 7. The number of hydrogen-bond donors (Lipinski definition) is 2. The monoisotopic (exact) mass is 460 g/mol. The summed E-state index contributed by atoms with van der Waals surface area (Å²) in [5.41, 5.74) is 4.98. The summed E-state index contributed by atoms with van der Waals surface area (Å²) in [6, 6.07) is 24.1. The van der Waals surface area contributed by atoms with Gasteiger partial charge in [0.25, 0.3) is 5.91 Å². The third-order valence-corrected chi connectivity index (χ3v) is 6.49. The van der Waals surface area contributed by atoms with Gasteiger partial charge in [0, 0.05) is 16.8 Å². The Hall–Kier alpha value is -3.91. The zero-order chi connectivity index (χ0) is 23.4. The van der Waals surface area contributed by atoms with Gasteiger partial charge in [0.2, 0.25) is 10.0 Å². The third-order valence-electron chi connectivity index (χ3n) is 5.19. The molecule has 0 bridgehead atoms. The molecule has 7 nitrogen and oxygen atoms in total. The molecule has 0 radical (unpaired) electrons. The lowest BCUT2D eigenvalue weighted by Gasteiger charge is -2.12. The quantitative estimate of drug-likeness (QED) is 0.412. The summed E-state index contributed by atoms with van der Waals surface area (Å²) in [7, 11) is -3.37. The van der Waals surface area contributed by atoms with Crippen LogP contribution in [0.25, 0.3) is 16.9 Å². The lowest BCUT2D eigenvalue weighted by molar-refractivity contribution is 0.102. The van der Waals surface area contributed by atoms with Crippen LogP contribution in [0.15, 0.2) is 85.1 Å². The number of anilines is 2. The lowest BCUT2D eigenvalue weighted by Crippen LogP contribution is -2.16. The first-order chi connectivity index (χ1) is 15.9. The number of sulfonamides is 1. The molecule has 8 heteroatoms. The molecule has 0 saturated heterocycles. The Morgan fingerprint density at radius 1 is 0.970 bits per heavy atom. The third kappa shape index (κ3) is 5.12. The van der Waals surface area contributed by atoms with E-state index in [1.54, 1.807) is 55.1 Å². The van der Waals surface area contributed by atoms with Crippen LogP contribution >= 0.6 is 0 Å². The van der Waals surface area contributed by atoms with Crippen molar-refractivity contribution in [1.82, 2.24) is 9.78 Å². The van der Waals surface area contributed by atoms with E-state index >= 15 is 0 Å². The van der Waals surface area contributed by atoms with E-state index in [2.05, 4.69) is 15.1 Å². The second-order valence-corrected chi connectivity index (χ2v) is 9.54. The van der Waals surface area contributed by atoms with Crippen molar-refractivity contribution in [3.05, 3.63) is 96.2 Å². The minimum atomic E-state index is -3.37. The highest BCUT2D eigenvalue weighted by molar-refractivity contribution is 7.92. The fourth-order valence-corrected chi connectivity index (χ4v) is 4.12. The molecule has 4 rings (SSSR count). The SMILES string of the molecule is CCS(=O)(=O)Nc1ccc(NC(=O)c2cccc(-n3nccc3-c3ccccc3)c2)cc1C. The number of benzene rings is 3. The Balaban J connectivity index is 1.55. The number of nitrogens with zero attached hydrogens (tertiary/aromatic N) is 2. The van der Waals surface area contributed by atoms with Crippen molar-refractivity contribution in [2.24, 2.45) is 0 Å². The van der Waals surface area contributed by atoms with Crippen LogP contribution < -0.4 is 10.0 Å². The lowest BCUT2D eigenvalue weighted by atomic mass is 10.1. The van der Waals surface area contributed by atoms with E-state index in [9.17, 15) is 13.2 Å². The molecule has 1 heterocycles. The fraction of sp³-hybridized carbons (Fsp3) is 0.120. The van der Waals surface area contributed by atoms with Gasteiger partial charge in [0.15, 0.2) is 0 Å². The summed E-state index contributed by atoms with van der Waals surface area (Å²) in [6.07, 6.45) is 1.73. The molecular weight excluding hydrogens is 436 g/mol. The maximum Gasteiger partial charge on any atom is 0.255 e. The van der Waals surface area contributed by atoms with Gasteiger partial charge in [-0.3, -0.25) is 9.52 Å². The van der Waals surface area contributed by atoms with Gasteiger partial charge in [-0.1, -0.05) is 36.4 Å². The zero-order valence-corrected chi connectivity index (χ0v) is 19.1. The second kappa shape index (κ2) is 9.30. The van der Waals surface area contributed by atoms with E-state index in [0.29, 0.717) is 22.5 Å². The average Bonchev–Trinajstić information content (AvgIpc) is 3.31. The highest BCUT2D eigenvalue weighted by Gasteiger charge is 2.13. The Morgan fingerprint density at radius 2 is 1.76 bits per heavy atom. The minimum Gasteiger partial charge on any atom is -0.322 e. The van der Waals surface area contributed by atoms with Gasteiger partial charge >= 0.3 is 0 Å². The first-order valence-corrected chi connectivity index (χ1v) is 12.1. The molecule has 3 aromatic carbocycles. The highest BCUT2D eigenvalue weighted by Crippen LogP contribution is 2.24. The topological polar surface area (TPSA) is 93.1 Å². The van der Waals surface area contributed by atoms with Crippen LogP contribution in [-0.4, -0.2) is 29.9 Å². The van der Waals surface area contributed by atoms with E-state index in [1.165, 1.54) is 0 Å². The number of aromatic nitrogens is 2. The highest BCUT2D eigenvalue weighted by atomic mass is 32.2. The van der Waals surface area contributed by atoms with E-state index < -0.39 is 10.0 Å². The molecule has 0 atom stereocenters. The smallest absolute Gasteiger partial charge is 0.255 e. The predicted octanol–water partition coefficient (Wildman–Crippen LogP) is 4.86. The van der Waals surface area contributed by atoms with Crippen molar-refractivity contribution in [3.63, 3.8) is 0 Å². The normalized spacial score (nSPS) is 11.2. The second-order valence-electron chi connectivity index (χ2n) is 7.53. The Morgan fingerprint density at radius 3 is 2.48 bits per heavy atom. The average molecular weight is 461 g/mol. The molecule has 33 heavy (non-hydrogen) atoms. The summed E-state index contributed by atoms with van der Waals surface area (Å²) in [6.45, 7) is 3.36. The van der Waals surface area contributed by atoms with Crippen molar-refractivity contribution < 1.29 is 13.2 Å². The van der Waals surface area contributed by atoms with Gasteiger partial charge in [0.1, 0.15) is 0 Å². The summed E-state index contributed by atoms with van der Waals surface area (Å²) in [5, 5.41) is 7.31. The first kappa shape index (κ1) is 22.3. The van der Waals surface area contributed by atoms with Crippen LogP contribution in [0.2, 0.25) is 0 Å². The molecular formula is C25H24N4O3S. The number of amides is 1. The van der Waals surface area contributed by atoms with Crippen molar-refractivity contribution in [2.45, 2.75) is 13.8 Å². The Labute approximate surface area is 193 Å². The van der Waals surface area contributed by atoms with Gasteiger partial charge in [0.05, 0.1) is 29.0 Å². The van der Waals surface area contributed by atoms with Crippen LogP contribution in [0.3, 0.4) is 0 Å². The minimum absolute atomic E-state index is 0.0104. The molecule has 0 unspecified atom stereocenters. The van der Waals surface area contributed by atoms with E-state index in [-0.39, 0.29) is 11.7 Å². The van der Waals surface area contributed by atoms with Gasteiger partial charge in [-0.05, 0) is 61.9 Å². The Bertz CT molecular complexity index is 1400. The van der Waals surface area contributed by atoms with Gasteiger partial charge in [-0.2, -0.15) is 5.10 Å². The molecule has 2 N–H and O–H groups in total. The molecule has 1 amide bonds. The van der Waals surface area contributed by atoms with Crippen LogP contribution in [-0.2, 0) is 10.0 Å². The molecule has 0 aliphatic heterocycles. The molecule has 0 fully saturated rings. The Kier molecular flexibility index (Phi) is 6.28. The van der Waals surface area contributed by atoms with E-state index in [4.69, 9.17) is 0 Å². The predicted molar refractivity (Wildman–Crippen MR) is 131 cm³/mol. The summed E-state index contributed by atoms with van der Waals surface area (Å²) >= 11 is 0. The van der Waals surface area contributed by atoms with Crippen LogP contribution in [0.4, 0.5) is 11.4 Å². The van der Waals surface area contributed by atoms with Crippen molar-refractivity contribution in [3.8, 4) is 16.9 Å². The summed E-state index contributed by atoms with van der Waals surface area (Å²) in [5.74, 6) is -0.282. The van der Waals surface area contributed by atoms with Crippen molar-refractivity contribution >= 4 is 27.3 Å². The summed E-state index contributed by atoms with van der Waals surface area (Å²) in [4.78, 5) is 12.9. The molecule has 168 valence electrons. The number of nitrogens with one attached hydrogen (secondary N) is 2. The first-order valence-electron chi connectivity index (χ1n) is 10.5. The summed E-state index contributed by atoms with van der Waals surface area (Å²) < 4.78 is 28.0. The maximum absolute atomic E-state index is 12.9. The molecule has 4 aromatic rings. The number of hydrogen-bond acceptors (Lipinski definition) is 4. The van der Waals surface area contributed by atoms with Crippen LogP contribution in [0, 0.1) is 6.92 Å². The molecule has 0 aliphatic rings. The largest absolute Gasteiger partial charge is 0.322 e. The van der Waals surface area contributed by atoms with E-state index in [0.717, 1.165) is 16.9 Å². The van der Waals surface area contributed by atoms with E-state index in [1.807, 2.05) is 48.5 Å². The number of aryl methyl sites for hydroxylation is 1. The van der Waals surface area contributed by atoms with Crippen molar-refractivity contribution in [2.75, 3.05) is 15.8 Å². The molecule has 0 aliphatic carbocycles. The molecule has 0 saturated carbocycles. The molecule has 1 aromatic heterocycles. The van der Waals surface area contributed by atoms with Gasteiger partial charge in [-0.15, -0.1) is 0 Å². The standard InChI is InChI=1S/C25H24N4O3S/c1-3-33(31,32)28-23-13-12-21(16-18(23)2)27-25(30)20-10-7-11-22(17-20)29-24(14-15-26-29)19-8-5-4-6-9-19/h4-17,28H,3H2,1-2H3,(H,27,30). The molecule has 0 spiro atoms. The number of carbonyl (C=O) groups excluding carboxylic acids is 1. The van der Waals surface area contributed by atoms with Gasteiger partial charge in [-0.25, -0.2) is 13.1 Å². The fourth-order valence-electron chi connectivity index (χ4n) is 3.41. The van der Waals surface area contributed by atoms with Crippen LogP contribution in [0.5, 0.6) is 0 Å². The zero-order valence-electron chi connectivity index (χ0n) is 18.3.